The summed E-state index contributed by atoms with van der Waals surface area (Å²) in [4.78, 5) is 0. The van der Waals surface area contributed by atoms with Crippen LogP contribution in [-0.2, 0) is 12.8 Å². The number of benzene rings is 3. The highest BCUT2D eigenvalue weighted by atomic mass is 19.1. The normalized spacial score (nSPS) is 12.7. The molecule has 33 heavy (non-hydrogen) atoms. The lowest BCUT2D eigenvalue weighted by molar-refractivity contribution is 0.305. The molecule has 3 rings (SSSR count). The van der Waals surface area contributed by atoms with E-state index in [0.29, 0.717) is 12.8 Å². The third-order valence-corrected chi connectivity index (χ3v) is 5.58. The Balaban J connectivity index is 1.77. The molecule has 3 aromatic rings. The summed E-state index contributed by atoms with van der Waals surface area (Å²) in [7, 11) is 0. The van der Waals surface area contributed by atoms with Gasteiger partial charge >= 0.3 is 0 Å². The molecule has 0 aliphatic heterocycles. The molecule has 0 aliphatic rings. The van der Waals surface area contributed by atoms with Crippen LogP contribution >= 0.6 is 0 Å². The zero-order valence-corrected chi connectivity index (χ0v) is 19.5. The fourth-order valence-corrected chi connectivity index (χ4v) is 3.65. The second-order valence-corrected chi connectivity index (χ2v) is 8.27. The molecule has 0 saturated carbocycles. The van der Waals surface area contributed by atoms with Gasteiger partial charge in [-0.2, -0.15) is 5.10 Å². The van der Waals surface area contributed by atoms with Crippen LogP contribution in [0.25, 0.3) is 0 Å². The lowest BCUT2D eigenvalue weighted by Crippen LogP contribution is -2.06. The molecule has 0 bridgehead atoms. The van der Waals surface area contributed by atoms with Gasteiger partial charge in [-0.05, 0) is 36.0 Å². The van der Waals surface area contributed by atoms with Crippen molar-refractivity contribution in [2.24, 2.45) is 10.2 Å². The summed E-state index contributed by atoms with van der Waals surface area (Å²) in [5.41, 5.74) is 6.05. The van der Waals surface area contributed by atoms with Gasteiger partial charge in [-0.25, -0.2) is 4.39 Å². The van der Waals surface area contributed by atoms with E-state index in [1.54, 1.807) is 6.21 Å². The Morgan fingerprint density at radius 1 is 0.909 bits per heavy atom. The Hall–Kier alpha value is -3.33. The second-order valence-electron chi connectivity index (χ2n) is 8.27. The van der Waals surface area contributed by atoms with Crippen LogP contribution in [0.2, 0.25) is 0 Å². The van der Waals surface area contributed by atoms with E-state index in [2.05, 4.69) is 48.0 Å². The minimum absolute atomic E-state index is 0.457. The highest BCUT2D eigenvalue weighted by molar-refractivity contribution is 6.13. The van der Waals surface area contributed by atoms with Crippen molar-refractivity contribution >= 4 is 11.9 Å². The molecule has 1 atom stereocenters. The third kappa shape index (κ3) is 7.94. The van der Waals surface area contributed by atoms with Crippen molar-refractivity contribution in [2.45, 2.75) is 51.6 Å². The van der Waals surface area contributed by atoms with E-state index in [1.165, 1.54) is 5.56 Å². The molecule has 0 aliphatic carbocycles. The van der Waals surface area contributed by atoms with Crippen LogP contribution in [0.15, 0.2) is 102 Å². The number of alkyl halides is 1. The molecule has 3 aromatic carbocycles. The Bertz CT molecular complexity index is 1030. The second kappa shape index (κ2) is 13.3. The van der Waals surface area contributed by atoms with Gasteiger partial charge in [0.2, 0.25) is 0 Å². The molecule has 2 nitrogen and oxygen atoms in total. The number of hydrogen-bond acceptors (Lipinski definition) is 2. The summed E-state index contributed by atoms with van der Waals surface area (Å²) in [6, 6.07) is 26.4. The monoisotopic (exact) mass is 440 g/mol. The van der Waals surface area contributed by atoms with E-state index >= 15 is 0 Å². The van der Waals surface area contributed by atoms with E-state index in [4.69, 9.17) is 0 Å². The van der Waals surface area contributed by atoms with Crippen molar-refractivity contribution in [3.8, 4) is 0 Å². The van der Waals surface area contributed by atoms with Crippen LogP contribution in [-0.4, -0.2) is 18.1 Å². The Labute approximate surface area is 197 Å². The van der Waals surface area contributed by atoms with Crippen molar-refractivity contribution in [2.75, 3.05) is 0 Å². The highest BCUT2D eigenvalue weighted by Crippen LogP contribution is 2.16. The van der Waals surface area contributed by atoms with Crippen LogP contribution in [0, 0.1) is 0 Å². The third-order valence-electron chi connectivity index (χ3n) is 5.58. The maximum atomic E-state index is 14.2. The molecule has 0 saturated heterocycles. The van der Waals surface area contributed by atoms with Gasteiger partial charge in [-0.15, -0.1) is 11.7 Å². The first-order valence-electron chi connectivity index (χ1n) is 11.8. The van der Waals surface area contributed by atoms with Crippen LogP contribution in [0.3, 0.4) is 0 Å². The van der Waals surface area contributed by atoms with Gasteiger partial charge in [0.15, 0.2) is 0 Å². The highest BCUT2D eigenvalue weighted by Gasteiger charge is 2.10. The molecule has 0 spiro atoms. The van der Waals surface area contributed by atoms with Crippen molar-refractivity contribution in [1.82, 2.24) is 0 Å². The quantitative estimate of drug-likeness (QED) is 0.156. The maximum absolute atomic E-state index is 14.2. The van der Waals surface area contributed by atoms with Gasteiger partial charge in [0, 0.05) is 17.5 Å². The summed E-state index contributed by atoms with van der Waals surface area (Å²) in [5.74, 6) is 0. The van der Waals surface area contributed by atoms with E-state index in [9.17, 15) is 4.39 Å². The molecule has 0 radical (unpaired) electrons. The van der Waals surface area contributed by atoms with E-state index < -0.39 is 6.17 Å². The summed E-state index contributed by atoms with van der Waals surface area (Å²) < 4.78 is 14.2. The molecule has 0 N–H and O–H groups in total. The van der Waals surface area contributed by atoms with Crippen molar-refractivity contribution in [1.29, 1.82) is 0 Å². The first-order valence-corrected chi connectivity index (χ1v) is 11.8. The topological polar surface area (TPSA) is 24.7 Å². The van der Waals surface area contributed by atoms with Crippen molar-refractivity contribution in [3.05, 3.63) is 119 Å². The van der Waals surface area contributed by atoms with E-state index in [0.717, 1.165) is 53.6 Å². The number of hydrogen-bond donors (Lipinski definition) is 0. The Kier molecular flexibility index (Phi) is 9.78. The summed E-state index contributed by atoms with van der Waals surface area (Å²) in [6.45, 7) is 5.87. The summed E-state index contributed by atoms with van der Waals surface area (Å²) in [6.07, 6.45) is 7.93. The molecule has 170 valence electrons. The average molecular weight is 441 g/mol. The van der Waals surface area contributed by atoms with Gasteiger partial charge in [0.1, 0.15) is 11.9 Å². The molecule has 0 heterocycles. The van der Waals surface area contributed by atoms with Crippen molar-refractivity contribution in [3.63, 3.8) is 0 Å². The van der Waals surface area contributed by atoms with E-state index in [1.807, 2.05) is 60.7 Å². The van der Waals surface area contributed by atoms with Gasteiger partial charge in [0.05, 0.1) is 6.21 Å². The average Bonchev–Trinajstić information content (AvgIpc) is 2.86. The van der Waals surface area contributed by atoms with Gasteiger partial charge < -0.3 is 0 Å². The van der Waals surface area contributed by atoms with Crippen LogP contribution in [0.5, 0.6) is 0 Å². The minimum Gasteiger partial charge on any atom is -0.247 e. The molecule has 1 unspecified atom stereocenters. The molecular weight excluding hydrogens is 407 g/mol. The SMILES string of the molecule is C=CCCc1ccc(C=NN=C(c2ccccc2)c2ccc(CC(F)CCCC)cc2)cc1. The van der Waals surface area contributed by atoms with Crippen LogP contribution in [0.1, 0.15) is 60.4 Å². The zero-order valence-electron chi connectivity index (χ0n) is 19.5. The number of unbranched alkanes of at least 4 members (excludes halogenated alkanes) is 1. The van der Waals surface area contributed by atoms with Crippen LogP contribution < -0.4 is 0 Å². The molecule has 0 aromatic heterocycles. The Morgan fingerprint density at radius 3 is 2.24 bits per heavy atom. The predicted octanol–water partition coefficient (Wildman–Crippen LogP) is 7.75. The summed E-state index contributed by atoms with van der Waals surface area (Å²) in [5, 5.41) is 8.94. The summed E-state index contributed by atoms with van der Waals surface area (Å²) >= 11 is 0. The number of allylic oxidation sites excluding steroid dienone is 1. The van der Waals surface area contributed by atoms with Gasteiger partial charge in [0.25, 0.3) is 0 Å². The number of nitrogens with zero attached hydrogens (tertiary/aromatic N) is 2. The fraction of sp³-hybridized carbons (Fsp3) is 0.267. The number of rotatable bonds is 12. The molecule has 0 amide bonds. The number of aryl methyl sites for hydroxylation is 1. The molecule has 0 fully saturated rings. The Morgan fingerprint density at radius 2 is 1.58 bits per heavy atom. The zero-order chi connectivity index (χ0) is 23.3. The predicted molar refractivity (Wildman–Crippen MR) is 139 cm³/mol. The van der Waals surface area contributed by atoms with E-state index in [-0.39, 0.29) is 0 Å². The van der Waals surface area contributed by atoms with Crippen molar-refractivity contribution < 1.29 is 4.39 Å². The first kappa shape index (κ1) is 24.3. The minimum atomic E-state index is -0.786. The number of halogens is 1. The molecular formula is C30H33FN2. The standard InChI is InChI=1S/C30H33FN2/c1-3-5-10-24-14-16-26(17-15-24)23-32-33-30(27-11-8-7-9-12-27)28-20-18-25(19-21-28)22-29(31)13-6-4-2/h3,7-9,11-12,14-21,23,29H,1,4-6,10,13,22H2,2H3. The lowest BCUT2D eigenvalue weighted by Gasteiger charge is -2.10. The maximum Gasteiger partial charge on any atom is 0.104 e. The smallest absolute Gasteiger partial charge is 0.104 e. The first-order chi connectivity index (χ1) is 16.2. The van der Waals surface area contributed by atoms with Crippen LogP contribution in [0.4, 0.5) is 4.39 Å². The lowest BCUT2D eigenvalue weighted by atomic mass is 9.99. The van der Waals surface area contributed by atoms with Gasteiger partial charge in [-0.1, -0.05) is 105 Å². The fourth-order valence-electron chi connectivity index (χ4n) is 3.65. The molecule has 3 heteroatoms. The van der Waals surface area contributed by atoms with Gasteiger partial charge in [-0.3, -0.25) is 0 Å². The largest absolute Gasteiger partial charge is 0.247 e.